The fraction of sp³-hybridized carbons (Fsp3) is 0.562. The average molecular weight is 310 g/mol. The van der Waals surface area contributed by atoms with Crippen LogP contribution < -0.4 is 5.32 Å². The predicted octanol–water partition coefficient (Wildman–Crippen LogP) is 3.79. The van der Waals surface area contributed by atoms with Gasteiger partial charge in [-0.2, -0.15) is 0 Å². The molecule has 0 radical (unpaired) electrons. The number of benzene rings is 1. The summed E-state index contributed by atoms with van der Waals surface area (Å²) in [5.41, 5.74) is 1.19. The maximum absolute atomic E-state index is 12.4. The Hall–Kier alpha value is -0.670. The minimum absolute atomic E-state index is 0.0283. The van der Waals surface area contributed by atoms with Gasteiger partial charge in [0.15, 0.2) is 0 Å². The van der Waals surface area contributed by atoms with Gasteiger partial charge in [-0.3, -0.25) is 4.79 Å². The fourth-order valence-electron chi connectivity index (χ4n) is 3.07. The molecule has 1 atom stereocenters. The van der Waals surface area contributed by atoms with E-state index in [-0.39, 0.29) is 11.8 Å². The molecule has 0 spiro atoms. The van der Waals surface area contributed by atoms with E-state index in [9.17, 15) is 4.79 Å². The number of hydrogen-bond donors (Lipinski definition) is 1. The highest BCUT2D eigenvalue weighted by atomic mass is 35.5. The molecule has 1 aromatic carbocycles. The largest absolute Gasteiger partial charge is 0.355 e. The maximum atomic E-state index is 12.4. The highest BCUT2D eigenvalue weighted by Gasteiger charge is 2.29. The van der Waals surface area contributed by atoms with Crippen LogP contribution in [0.15, 0.2) is 29.2 Å². The molecule has 2 aliphatic rings. The number of halogens is 1. The second-order valence-electron chi connectivity index (χ2n) is 5.76. The summed E-state index contributed by atoms with van der Waals surface area (Å²) in [7, 11) is 0. The van der Waals surface area contributed by atoms with E-state index >= 15 is 0 Å². The number of amides is 1. The molecule has 108 valence electrons. The molecule has 1 unspecified atom stereocenters. The van der Waals surface area contributed by atoms with E-state index in [2.05, 4.69) is 17.4 Å². The molecule has 4 heteroatoms. The van der Waals surface area contributed by atoms with Crippen LogP contribution >= 0.6 is 23.4 Å². The maximum Gasteiger partial charge on any atom is 0.228 e. The lowest BCUT2D eigenvalue weighted by Crippen LogP contribution is -2.34. The highest BCUT2D eigenvalue weighted by molar-refractivity contribution is 7.99. The Kier molecular flexibility index (Phi) is 4.57. The minimum atomic E-state index is 0.0283. The lowest BCUT2D eigenvalue weighted by Gasteiger charge is -2.25. The van der Waals surface area contributed by atoms with E-state index in [4.69, 9.17) is 11.6 Å². The van der Waals surface area contributed by atoms with Crippen LogP contribution in [0.3, 0.4) is 0 Å². The van der Waals surface area contributed by atoms with Crippen LogP contribution in [0.5, 0.6) is 0 Å². The molecule has 1 aliphatic carbocycles. The second-order valence-corrected chi connectivity index (χ2v) is 7.44. The van der Waals surface area contributed by atoms with Crippen LogP contribution in [0.25, 0.3) is 0 Å². The summed E-state index contributed by atoms with van der Waals surface area (Å²) in [6.45, 7) is 0.811. The summed E-state index contributed by atoms with van der Waals surface area (Å²) in [5, 5.41) is 3.50. The van der Waals surface area contributed by atoms with Crippen molar-refractivity contribution in [3.63, 3.8) is 0 Å². The Bertz CT molecular complexity index is 485. The zero-order valence-corrected chi connectivity index (χ0v) is 13.1. The molecule has 0 aromatic heterocycles. The van der Waals surface area contributed by atoms with Gasteiger partial charge in [0, 0.05) is 22.6 Å². The van der Waals surface area contributed by atoms with Crippen molar-refractivity contribution in [2.24, 2.45) is 5.92 Å². The summed E-state index contributed by atoms with van der Waals surface area (Å²) < 4.78 is 0. The molecule has 0 saturated heterocycles. The van der Waals surface area contributed by atoms with E-state index in [1.54, 1.807) is 11.8 Å². The van der Waals surface area contributed by atoms with Crippen LogP contribution in [0.2, 0.25) is 0 Å². The molecule has 1 fully saturated rings. The van der Waals surface area contributed by atoms with Crippen LogP contribution in [-0.2, 0) is 4.79 Å². The van der Waals surface area contributed by atoms with Gasteiger partial charge >= 0.3 is 0 Å². The fourth-order valence-corrected chi connectivity index (χ4v) is 4.55. The van der Waals surface area contributed by atoms with Gasteiger partial charge in [-0.1, -0.05) is 18.2 Å². The van der Waals surface area contributed by atoms with Crippen LogP contribution in [0.1, 0.15) is 37.2 Å². The highest BCUT2D eigenvalue weighted by Crippen LogP contribution is 2.39. The molecular formula is C16H20ClNOS. The number of carbonyl (C=O) groups is 1. The third-order valence-electron chi connectivity index (χ3n) is 4.36. The van der Waals surface area contributed by atoms with Crippen molar-refractivity contribution in [1.29, 1.82) is 0 Å². The van der Waals surface area contributed by atoms with Crippen LogP contribution in [-0.4, -0.2) is 23.6 Å². The standard InChI is InChI=1S/C16H20ClNOS/c17-12-7-5-11(6-8-12)9-18-16(19)14-10-20-15-4-2-1-3-13(14)15/h1-4,11-12,14H,5-10H2,(H,18,19). The molecule has 1 saturated carbocycles. The third kappa shape index (κ3) is 3.15. The first-order valence-electron chi connectivity index (χ1n) is 7.37. The molecule has 1 aliphatic heterocycles. The van der Waals surface area contributed by atoms with E-state index in [0.29, 0.717) is 11.3 Å². The van der Waals surface area contributed by atoms with E-state index < -0.39 is 0 Å². The number of thioether (sulfide) groups is 1. The summed E-state index contributed by atoms with van der Waals surface area (Å²) in [4.78, 5) is 13.6. The smallest absolute Gasteiger partial charge is 0.228 e. The van der Waals surface area contributed by atoms with Gasteiger partial charge < -0.3 is 5.32 Å². The molecular weight excluding hydrogens is 290 g/mol. The van der Waals surface area contributed by atoms with Crippen molar-refractivity contribution < 1.29 is 4.79 Å². The van der Waals surface area contributed by atoms with E-state index in [1.807, 2.05) is 12.1 Å². The van der Waals surface area contributed by atoms with Gasteiger partial charge in [0.1, 0.15) is 0 Å². The first-order valence-corrected chi connectivity index (χ1v) is 8.79. The van der Waals surface area contributed by atoms with Gasteiger partial charge in [-0.05, 0) is 43.2 Å². The molecule has 20 heavy (non-hydrogen) atoms. The molecule has 1 amide bonds. The second kappa shape index (κ2) is 6.40. The summed E-state index contributed by atoms with van der Waals surface area (Å²) in [6, 6.07) is 8.25. The Balaban J connectivity index is 1.53. The van der Waals surface area contributed by atoms with Crippen molar-refractivity contribution in [1.82, 2.24) is 5.32 Å². The predicted molar refractivity (Wildman–Crippen MR) is 84.5 cm³/mol. The topological polar surface area (TPSA) is 29.1 Å². The van der Waals surface area contributed by atoms with Crippen molar-refractivity contribution in [2.75, 3.05) is 12.3 Å². The van der Waals surface area contributed by atoms with Crippen LogP contribution in [0.4, 0.5) is 0 Å². The zero-order chi connectivity index (χ0) is 13.9. The minimum Gasteiger partial charge on any atom is -0.355 e. The molecule has 0 bridgehead atoms. The van der Waals surface area contributed by atoms with Crippen molar-refractivity contribution in [3.05, 3.63) is 29.8 Å². The SMILES string of the molecule is O=C(NCC1CCC(Cl)CC1)C1CSc2ccccc21. The number of rotatable bonds is 3. The normalized spacial score (nSPS) is 28.9. The Morgan fingerprint density at radius 1 is 1.25 bits per heavy atom. The Morgan fingerprint density at radius 3 is 2.80 bits per heavy atom. The molecule has 3 rings (SSSR count). The summed E-state index contributed by atoms with van der Waals surface area (Å²) in [5.74, 6) is 1.70. The van der Waals surface area contributed by atoms with Gasteiger partial charge in [0.25, 0.3) is 0 Å². The van der Waals surface area contributed by atoms with Gasteiger partial charge in [-0.15, -0.1) is 23.4 Å². The molecule has 1 heterocycles. The number of fused-ring (bicyclic) bond motifs is 1. The first kappa shape index (κ1) is 14.3. The Morgan fingerprint density at radius 2 is 2.00 bits per heavy atom. The quantitative estimate of drug-likeness (QED) is 0.861. The Labute approximate surface area is 129 Å². The van der Waals surface area contributed by atoms with Gasteiger partial charge in [-0.25, -0.2) is 0 Å². The lowest BCUT2D eigenvalue weighted by molar-refractivity contribution is -0.122. The zero-order valence-electron chi connectivity index (χ0n) is 11.5. The summed E-state index contributed by atoms with van der Waals surface area (Å²) >= 11 is 7.90. The summed E-state index contributed by atoms with van der Waals surface area (Å²) in [6.07, 6.45) is 4.46. The van der Waals surface area contributed by atoms with Crippen molar-refractivity contribution in [3.8, 4) is 0 Å². The van der Waals surface area contributed by atoms with Gasteiger partial charge in [0.2, 0.25) is 5.91 Å². The average Bonchev–Trinajstić information content (AvgIpc) is 2.90. The van der Waals surface area contributed by atoms with E-state index in [1.165, 1.54) is 10.5 Å². The monoisotopic (exact) mass is 309 g/mol. The number of hydrogen-bond acceptors (Lipinski definition) is 2. The number of carbonyl (C=O) groups excluding carboxylic acids is 1. The first-order chi connectivity index (χ1) is 9.74. The number of nitrogens with one attached hydrogen (secondary N) is 1. The van der Waals surface area contributed by atoms with Crippen molar-refractivity contribution >= 4 is 29.3 Å². The van der Waals surface area contributed by atoms with Crippen molar-refractivity contribution in [2.45, 2.75) is 41.9 Å². The van der Waals surface area contributed by atoms with Crippen LogP contribution in [0, 0.1) is 5.92 Å². The van der Waals surface area contributed by atoms with E-state index in [0.717, 1.165) is 38.0 Å². The molecule has 2 nitrogen and oxygen atoms in total. The lowest BCUT2D eigenvalue weighted by atomic mass is 9.88. The van der Waals surface area contributed by atoms with Gasteiger partial charge in [0.05, 0.1) is 5.92 Å². The molecule has 1 N–H and O–H groups in total. The third-order valence-corrected chi connectivity index (χ3v) is 5.98. The molecule has 1 aromatic rings. The number of alkyl halides is 1.